The van der Waals surface area contributed by atoms with Gasteiger partial charge in [0.2, 0.25) is 0 Å². The lowest BCUT2D eigenvalue weighted by molar-refractivity contribution is -0.159. The number of ether oxygens (including phenoxy) is 1. The summed E-state index contributed by atoms with van der Waals surface area (Å²) in [5.41, 5.74) is 1.08. The fourth-order valence-corrected chi connectivity index (χ4v) is 3.37. The molecule has 0 bridgehead atoms. The molecule has 2 heterocycles. The largest absolute Gasteiger partial charge is 0.383 e. The minimum absolute atomic E-state index is 0.209. The van der Waals surface area contributed by atoms with Crippen LogP contribution in [0.3, 0.4) is 0 Å². The van der Waals surface area contributed by atoms with Gasteiger partial charge in [-0.2, -0.15) is 0 Å². The second-order valence-corrected chi connectivity index (χ2v) is 6.68. The summed E-state index contributed by atoms with van der Waals surface area (Å²) in [7, 11) is 3.50. The first kappa shape index (κ1) is 17.8. The first-order valence-electron chi connectivity index (χ1n) is 8.42. The number of benzene rings is 1. The number of hydrogen-bond acceptors (Lipinski definition) is 7. The highest BCUT2D eigenvalue weighted by Crippen LogP contribution is 2.24. The van der Waals surface area contributed by atoms with Crippen LogP contribution < -0.4 is 0 Å². The number of hydrogen-bond donors (Lipinski definition) is 1. The molecule has 1 N–H and O–H groups in total. The number of methoxy groups -OCH3 is 1. The SMILES string of the molecule is COCCN1CCCC(O)(CN(C)Cc2ccc3nonc3c2)C1=O. The van der Waals surface area contributed by atoms with Gasteiger partial charge in [0.1, 0.15) is 11.0 Å². The van der Waals surface area contributed by atoms with Gasteiger partial charge in [-0.3, -0.25) is 9.69 Å². The van der Waals surface area contributed by atoms with Crippen LogP contribution in [0.15, 0.2) is 22.8 Å². The van der Waals surface area contributed by atoms with Crippen molar-refractivity contribution in [2.45, 2.75) is 25.0 Å². The van der Waals surface area contributed by atoms with Crippen molar-refractivity contribution in [2.75, 3.05) is 40.4 Å². The van der Waals surface area contributed by atoms with E-state index in [-0.39, 0.29) is 12.5 Å². The summed E-state index contributed by atoms with van der Waals surface area (Å²) in [6.45, 7) is 2.53. The molecule has 2 aromatic rings. The Kier molecular flexibility index (Phi) is 5.31. The van der Waals surface area contributed by atoms with E-state index in [2.05, 4.69) is 10.3 Å². The van der Waals surface area contributed by atoms with E-state index in [1.54, 1.807) is 12.0 Å². The summed E-state index contributed by atoms with van der Waals surface area (Å²) in [5.74, 6) is -0.209. The standard InChI is InChI=1S/C17H24N4O4/c1-20(11-13-4-5-14-15(10-13)19-25-18-14)12-17(23)6-3-7-21(16(17)22)8-9-24-2/h4-5,10,23H,3,6-9,11-12H2,1-2H3. The van der Waals surface area contributed by atoms with Crippen molar-refractivity contribution in [1.29, 1.82) is 0 Å². The summed E-state index contributed by atoms with van der Waals surface area (Å²) in [6, 6.07) is 5.70. The first-order chi connectivity index (χ1) is 12.0. The molecule has 1 aliphatic rings. The van der Waals surface area contributed by atoms with Gasteiger partial charge in [-0.15, -0.1) is 0 Å². The number of likely N-dealkylation sites (tertiary alicyclic amines) is 1. The van der Waals surface area contributed by atoms with Crippen LogP contribution in [0.25, 0.3) is 11.0 Å². The molecule has 8 nitrogen and oxygen atoms in total. The Hall–Kier alpha value is -2.03. The van der Waals surface area contributed by atoms with Crippen molar-refractivity contribution in [3.05, 3.63) is 23.8 Å². The molecule has 3 rings (SSSR count). The highest BCUT2D eigenvalue weighted by Gasteiger charge is 2.42. The molecule has 8 heteroatoms. The molecule has 25 heavy (non-hydrogen) atoms. The maximum atomic E-state index is 12.6. The summed E-state index contributed by atoms with van der Waals surface area (Å²) in [6.07, 6.45) is 1.27. The normalized spacial score (nSPS) is 21.4. The maximum Gasteiger partial charge on any atom is 0.255 e. The predicted octanol–water partition coefficient (Wildman–Crippen LogP) is 0.654. The van der Waals surface area contributed by atoms with Crippen LogP contribution in [0, 0.1) is 0 Å². The minimum Gasteiger partial charge on any atom is -0.383 e. The second kappa shape index (κ2) is 7.47. The second-order valence-electron chi connectivity index (χ2n) is 6.68. The molecule has 1 aromatic carbocycles. The van der Waals surface area contributed by atoms with Gasteiger partial charge in [0, 0.05) is 33.3 Å². The fourth-order valence-electron chi connectivity index (χ4n) is 3.37. The average Bonchev–Trinajstić information content (AvgIpc) is 3.04. The van der Waals surface area contributed by atoms with Gasteiger partial charge in [0.05, 0.1) is 6.61 Å². The number of fused-ring (bicyclic) bond motifs is 1. The quantitative estimate of drug-likeness (QED) is 0.785. The van der Waals surface area contributed by atoms with Gasteiger partial charge >= 0.3 is 0 Å². The number of likely N-dealkylation sites (N-methyl/N-ethyl adjacent to an activating group) is 1. The Morgan fingerprint density at radius 3 is 3.00 bits per heavy atom. The average molecular weight is 348 g/mol. The van der Waals surface area contributed by atoms with Crippen LogP contribution in [0.2, 0.25) is 0 Å². The Balaban J connectivity index is 1.63. The highest BCUT2D eigenvalue weighted by atomic mass is 16.6. The van der Waals surface area contributed by atoms with Gasteiger partial charge < -0.3 is 14.7 Å². The minimum atomic E-state index is -1.35. The number of piperidine rings is 1. The molecule has 136 valence electrons. The molecule has 0 aliphatic carbocycles. The van der Waals surface area contributed by atoms with Crippen molar-refractivity contribution >= 4 is 16.9 Å². The molecule has 0 radical (unpaired) electrons. The van der Waals surface area contributed by atoms with Crippen LogP contribution in [0.4, 0.5) is 0 Å². The number of rotatable bonds is 7. The summed E-state index contributed by atoms with van der Waals surface area (Å²) < 4.78 is 9.75. The van der Waals surface area contributed by atoms with Crippen molar-refractivity contribution in [2.24, 2.45) is 0 Å². The van der Waals surface area contributed by atoms with Gasteiger partial charge in [0.25, 0.3) is 5.91 Å². The lowest BCUT2D eigenvalue weighted by atomic mass is 9.91. The van der Waals surface area contributed by atoms with Crippen LogP contribution in [-0.4, -0.2) is 77.1 Å². The first-order valence-corrected chi connectivity index (χ1v) is 8.42. The Morgan fingerprint density at radius 1 is 1.40 bits per heavy atom. The number of carbonyl (C=O) groups excluding carboxylic acids is 1. The Morgan fingerprint density at radius 2 is 2.20 bits per heavy atom. The van der Waals surface area contributed by atoms with E-state index >= 15 is 0 Å². The zero-order valence-corrected chi connectivity index (χ0v) is 14.6. The molecule has 0 saturated carbocycles. The van der Waals surface area contributed by atoms with Gasteiger partial charge in [-0.25, -0.2) is 4.63 Å². The van der Waals surface area contributed by atoms with Crippen molar-refractivity contribution in [3.63, 3.8) is 0 Å². The van der Waals surface area contributed by atoms with Gasteiger partial charge in [-0.05, 0) is 47.9 Å². The fraction of sp³-hybridized carbons (Fsp3) is 0.588. The number of aromatic nitrogens is 2. The zero-order chi connectivity index (χ0) is 17.9. The smallest absolute Gasteiger partial charge is 0.255 e. The molecule has 1 atom stereocenters. The highest BCUT2D eigenvalue weighted by molar-refractivity contribution is 5.86. The van der Waals surface area contributed by atoms with Crippen molar-refractivity contribution in [3.8, 4) is 0 Å². The van der Waals surface area contributed by atoms with E-state index in [4.69, 9.17) is 9.37 Å². The number of carbonyl (C=O) groups is 1. The lowest BCUT2D eigenvalue weighted by Crippen LogP contribution is -2.58. The van der Waals surface area contributed by atoms with E-state index in [0.29, 0.717) is 43.7 Å². The molecule has 1 unspecified atom stereocenters. The number of amides is 1. The van der Waals surface area contributed by atoms with Crippen LogP contribution in [0.1, 0.15) is 18.4 Å². The third kappa shape index (κ3) is 3.97. The van der Waals surface area contributed by atoms with E-state index in [9.17, 15) is 9.90 Å². The molecular weight excluding hydrogens is 324 g/mol. The summed E-state index contributed by atoms with van der Waals surface area (Å²) in [4.78, 5) is 16.3. The molecule has 1 fully saturated rings. The van der Waals surface area contributed by atoms with Gasteiger partial charge in [0.15, 0.2) is 5.60 Å². The van der Waals surface area contributed by atoms with E-state index in [1.165, 1.54) is 0 Å². The Labute approximate surface area is 146 Å². The summed E-state index contributed by atoms with van der Waals surface area (Å²) in [5, 5.41) is 18.5. The van der Waals surface area contributed by atoms with Crippen LogP contribution >= 0.6 is 0 Å². The molecular formula is C17H24N4O4. The number of aliphatic hydroxyl groups is 1. The monoisotopic (exact) mass is 348 g/mol. The summed E-state index contributed by atoms with van der Waals surface area (Å²) >= 11 is 0. The van der Waals surface area contributed by atoms with Gasteiger partial charge in [-0.1, -0.05) is 6.07 Å². The van der Waals surface area contributed by atoms with E-state index < -0.39 is 5.60 Å². The lowest BCUT2D eigenvalue weighted by Gasteiger charge is -2.40. The number of nitrogens with zero attached hydrogens (tertiary/aromatic N) is 4. The molecule has 1 aliphatic heterocycles. The molecule has 0 spiro atoms. The third-order valence-corrected chi connectivity index (χ3v) is 4.57. The van der Waals surface area contributed by atoms with Crippen molar-refractivity contribution < 1.29 is 19.3 Å². The van der Waals surface area contributed by atoms with E-state index in [0.717, 1.165) is 12.0 Å². The zero-order valence-electron chi connectivity index (χ0n) is 14.6. The van der Waals surface area contributed by atoms with Crippen LogP contribution in [-0.2, 0) is 16.1 Å². The third-order valence-electron chi connectivity index (χ3n) is 4.57. The van der Waals surface area contributed by atoms with E-state index in [1.807, 2.05) is 30.1 Å². The maximum absolute atomic E-state index is 12.6. The van der Waals surface area contributed by atoms with Crippen molar-refractivity contribution in [1.82, 2.24) is 20.1 Å². The topological polar surface area (TPSA) is 91.9 Å². The molecule has 1 saturated heterocycles. The molecule has 1 amide bonds. The van der Waals surface area contributed by atoms with Crippen LogP contribution in [0.5, 0.6) is 0 Å². The predicted molar refractivity (Wildman–Crippen MR) is 90.8 cm³/mol. The Bertz CT molecular complexity index is 734. The molecule has 1 aromatic heterocycles.